The number of amides is 3. The first-order chi connectivity index (χ1) is 14.7. The first kappa shape index (κ1) is 19.8. The normalized spacial score (nSPS) is 12.9. The van der Waals surface area contributed by atoms with Crippen molar-refractivity contribution in [2.45, 2.75) is 19.4 Å². The van der Waals surface area contributed by atoms with Crippen LogP contribution in [0.5, 0.6) is 5.75 Å². The van der Waals surface area contributed by atoms with E-state index in [9.17, 15) is 9.59 Å². The third-order valence-corrected chi connectivity index (χ3v) is 4.97. The van der Waals surface area contributed by atoms with Gasteiger partial charge in [-0.25, -0.2) is 4.79 Å². The van der Waals surface area contributed by atoms with Crippen LogP contribution in [0.4, 0.5) is 10.5 Å². The number of carbonyl (C=O) groups excluding carboxylic acids is 2. The highest BCUT2D eigenvalue weighted by Gasteiger charge is 2.29. The van der Waals surface area contributed by atoms with Crippen molar-refractivity contribution >= 4 is 28.4 Å². The van der Waals surface area contributed by atoms with Crippen LogP contribution < -0.4 is 20.7 Å². The third-order valence-electron chi connectivity index (χ3n) is 4.97. The highest BCUT2D eigenvalue weighted by Crippen LogP contribution is 2.30. The highest BCUT2D eigenvalue weighted by atomic mass is 16.5. The van der Waals surface area contributed by atoms with Crippen LogP contribution >= 0.6 is 0 Å². The van der Waals surface area contributed by atoms with E-state index in [1.54, 1.807) is 0 Å². The monoisotopic (exact) mass is 403 g/mol. The zero-order chi connectivity index (χ0) is 20.8. The number of hydrogen-bond acceptors (Lipinski definition) is 3. The SMILES string of the molecule is O=C(NCCOc1ccc2ccccc2c1)NCc1cccc(NC(=O)C2CC2)c1. The molecular formula is C24H25N3O3. The van der Waals surface area contributed by atoms with Crippen molar-refractivity contribution in [2.24, 2.45) is 5.92 Å². The van der Waals surface area contributed by atoms with Crippen LogP contribution in [-0.2, 0) is 11.3 Å². The maximum absolute atomic E-state index is 12.0. The molecule has 6 nitrogen and oxygen atoms in total. The molecule has 30 heavy (non-hydrogen) atoms. The Hall–Kier alpha value is -3.54. The Balaban J connectivity index is 1.17. The van der Waals surface area contributed by atoms with Crippen LogP contribution in [0.25, 0.3) is 10.8 Å². The van der Waals surface area contributed by atoms with Gasteiger partial charge >= 0.3 is 6.03 Å². The number of urea groups is 1. The molecule has 0 bridgehead atoms. The van der Waals surface area contributed by atoms with Gasteiger partial charge in [-0.2, -0.15) is 0 Å². The molecule has 0 aromatic heterocycles. The molecule has 0 spiro atoms. The van der Waals surface area contributed by atoms with Gasteiger partial charge in [0.25, 0.3) is 0 Å². The Morgan fingerprint density at radius 1 is 0.900 bits per heavy atom. The molecule has 3 aromatic carbocycles. The maximum Gasteiger partial charge on any atom is 0.315 e. The van der Waals surface area contributed by atoms with Gasteiger partial charge in [-0.1, -0.05) is 42.5 Å². The fraction of sp³-hybridized carbons (Fsp3) is 0.250. The number of nitrogens with one attached hydrogen (secondary N) is 3. The molecule has 1 fully saturated rings. The van der Waals surface area contributed by atoms with E-state index < -0.39 is 0 Å². The van der Waals surface area contributed by atoms with Gasteiger partial charge in [0.05, 0.1) is 6.54 Å². The van der Waals surface area contributed by atoms with Gasteiger partial charge in [0.15, 0.2) is 0 Å². The largest absolute Gasteiger partial charge is 0.492 e. The van der Waals surface area contributed by atoms with E-state index in [2.05, 4.69) is 22.0 Å². The topological polar surface area (TPSA) is 79.5 Å². The van der Waals surface area contributed by atoms with Gasteiger partial charge in [0.2, 0.25) is 5.91 Å². The maximum atomic E-state index is 12.0. The number of benzene rings is 3. The van der Waals surface area contributed by atoms with E-state index in [0.29, 0.717) is 19.7 Å². The van der Waals surface area contributed by atoms with Crippen molar-refractivity contribution in [3.05, 3.63) is 72.3 Å². The minimum Gasteiger partial charge on any atom is -0.492 e. The first-order valence-electron chi connectivity index (χ1n) is 10.2. The molecule has 1 aliphatic carbocycles. The van der Waals surface area contributed by atoms with Gasteiger partial charge in [0, 0.05) is 18.2 Å². The molecule has 1 aliphatic rings. The number of anilines is 1. The van der Waals surface area contributed by atoms with Crippen LogP contribution in [0.1, 0.15) is 18.4 Å². The standard InChI is InChI=1S/C24H25N3O3/c28-23(19-8-9-19)27-21-7-3-4-17(14-21)16-26-24(29)25-12-13-30-22-11-10-18-5-1-2-6-20(18)15-22/h1-7,10-11,14-15,19H,8-9,12-13,16H2,(H,27,28)(H2,25,26,29). The Labute approximate surface area is 175 Å². The van der Waals surface area contributed by atoms with E-state index in [1.807, 2.05) is 60.7 Å². The lowest BCUT2D eigenvalue weighted by atomic mass is 10.1. The summed E-state index contributed by atoms with van der Waals surface area (Å²) in [4.78, 5) is 23.9. The summed E-state index contributed by atoms with van der Waals surface area (Å²) in [7, 11) is 0. The van der Waals surface area contributed by atoms with Gasteiger partial charge < -0.3 is 20.7 Å². The smallest absolute Gasteiger partial charge is 0.315 e. The van der Waals surface area contributed by atoms with Crippen LogP contribution in [0.15, 0.2) is 66.7 Å². The molecule has 0 saturated heterocycles. The average molecular weight is 403 g/mol. The fourth-order valence-electron chi connectivity index (χ4n) is 3.18. The predicted molar refractivity (Wildman–Crippen MR) is 117 cm³/mol. The van der Waals surface area contributed by atoms with Crippen molar-refractivity contribution in [2.75, 3.05) is 18.5 Å². The van der Waals surface area contributed by atoms with E-state index in [4.69, 9.17) is 4.74 Å². The Morgan fingerprint density at radius 2 is 1.73 bits per heavy atom. The molecule has 6 heteroatoms. The lowest BCUT2D eigenvalue weighted by Gasteiger charge is -2.11. The summed E-state index contributed by atoms with van der Waals surface area (Å²) in [5, 5.41) is 10.8. The first-order valence-corrected chi connectivity index (χ1v) is 10.2. The third kappa shape index (κ3) is 5.50. The zero-order valence-corrected chi connectivity index (χ0v) is 16.7. The molecule has 0 heterocycles. The van der Waals surface area contributed by atoms with Gasteiger partial charge in [0.1, 0.15) is 12.4 Å². The van der Waals surface area contributed by atoms with E-state index >= 15 is 0 Å². The van der Waals surface area contributed by atoms with Crippen LogP contribution in [0.3, 0.4) is 0 Å². The average Bonchev–Trinajstić information content (AvgIpc) is 3.61. The van der Waals surface area contributed by atoms with E-state index in [-0.39, 0.29) is 17.9 Å². The minimum atomic E-state index is -0.260. The summed E-state index contributed by atoms with van der Waals surface area (Å²) in [6, 6.07) is 21.3. The molecule has 0 radical (unpaired) electrons. The van der Waals surface area contributed by atoms with Gasteiger partial charge in [-0.05, 0) is 53.4 Å². The summed E-state index contributed by atoms with van der Waals surface area (Å²) in [6.07, 6.45) is 1.94. The second-order valence-electron chi connectivity index (χ2n) is 7.43. The number of ether oxygens (including phenoxy) is 1. The van der Waals surface area contributed by atoms with Gasteiger partial charge in [-0.3, -0.25) is 4.79 Å². The molecule has 0 aliphatic heterocycles. The fourth-order valence-corrected chi connectivity index (χ4v) is 3.18. The molecule has 4 rings (SSSR count). The summed E-state index contributed by atoms with van der Waals surface area (Å²) < 4.78 is 5.72. The lowest BCUT2D eigenvalue weighted by molar-refractivity contribution is -0.117. The number of rotatable bonds is 8. The molecule has 154 valence electrons. The predicted octanol–water partition coefficient (Wildman–Crippen LogP) is 4.07. The van der Waals surface area contributed by atoms with Crippen LogP contribution in [-0.4, -0.2) is 25.1 Å². The molecule has 0 unspecified atom stereocenters. The van der Waals surface area contributed by atoms with E-state index in [1.165, 1.54) is 5.39 Å². The molecule has 3 aromatic rings. The van der Waals surface area contributed by atoms with Crippen molar-refractivity contribution < 1.29 is 14.3 Å². The quantitative estimate of drug-likeness (QED) is 0.496. The Kier molecular flexibility index (Phi) is 6.13. The number of hydrogen-bond donors (Lipinski definition) is 3. The summed E-state index contributed by atoms with van der Waals surface area (Å²) in [5.74, 6) is 1.01. The zero-order valence-electron chi connectivity index (χ0n) is 16.7. The summed E-state index contributed by atoms with van der Waals surface area (Å²) >= 11 is 0. The highest BCUT2D eigenvalue weighted by molar-refractivity contribution is 5.94. The Bertz CT molecular complexity index is 1050. The molecule has 3 amide bonds. The molecule has 1 saturated carbocycles. The van der Waals surface area contributed by atoms with Crippen molar-refractivity contribution in [1.82, 2.24) is 10.6 Å². The minimum absolute atomic E-state index is 0.0734. The van der Waals surface area contributed by atoms with Crippen molar-refractivity contribution in [3.8, 4) is 5.75 Å². The molecule has 0 atom stereocenters. The second kappa shape index (κ2) is 9.31. The summed E-state index contributed by atoms with van der Waals surface area (Å²) in [6.45, 7) is 1.16. The van der Waals surface area contributed by atoms with E-state index in [0.717, 1.165) is 35.2 Å². The van der Waals surface area contributed by atoms with Gasteiger partial charge in [-0.15, -0.1) is 0 Å². The molecule has 3 N–H and O–H groups in total. The number of carbonyl (C=O) groups is 2. The van der Waals surface area contributed by atoms with Crippen LogP contribution in [0, 0.1) is 5.92 Å². The second-order valence-corrected chi connectivity index (χ2v) is 7.43. The summed E-state index contributed by atoms with van der Waals surface area (Å²) in [5.41, 5.74) is 1.68. The van der Waals surface area contributed by atoms with Crippen LogP contribution in [0.2, 0.25) is 0 Å². The Morgan fingerprint density at radius 3 is 2.57 bits per heavy atom. The van der Waals surface area contributed by atoms with Crippen molar-refractivity contribution in [1.29, 1.82) is 0 Å². The lowest BCUT2D eigenvalue weighted by Crippen LogP contribution is -2.37. The number of fused-ring (bicyclic) bond motifs is 1. The van der Waals surface area contributed by atoms with Crippen molar-refractivity contribution in [3.63, 3.8) is 0 Å². The molecular weight excluding hydrogens is 378 g/mol.